The van der Waals surface area contributed by atoms with Gasteiger partial charge in [0.1, 0.15) is 17.5 Å². The summed E-state index contributed by atoms with van der Waals surface area (Å²) in [6.45, 7) is 7.63. The standard InChI is InChI=1S/C33H41N9O10S2.CH2O2/c1-32(2)27(29(44)42(32)52-54(47,48)49)39-28(43)26(22-17-53-31(35)38-22)40-51-33(3,30(45)46)24-8-5-20-12-19(4-7-23(20)50-24)21-6-9-25(37-11-10-34)41(16-21)15-18-13-36-14-18;2-1-3/h4,6-7,9,12,16-18,24,27,36H,5,8,10-11,13-15,34H2,1-3H3,(H5,35,38,39,43,45,46,47,48,49);1H,(H,2,3)/b40-26-;/t24-,27-,33?;/m1./s1. The molecule has 21 nitrogen and oxygen atoms in total. The van der Waals surface area contributed by atoms with Gasteiger partial charge in [-0.05, 0) is 62.9 Å². The summed E-state index contributed by atoms with van der Waals surface area (Å²) < 4.78 is 46.0. The Morgan fingerprint density at radius 2 is 1.98 bits per heavy atom. The fourth-order valence-corrected chi connectivity index (χ4v) is 7.33. The van der Waals surface area contributed by atoms with Crippen molar-refractivity contribution in [2.24, 2.45) is 16.8 Å². The summed E-state index contributed by atoms with van der Waals surface area (Å²) in [5, 5.41) is 32.1. The second-order valence-corrected chi connectivity index (χ2v) is 15.8. The van der Waals surface area contributed by atoms with Crippen molar-refractivity contribution in [3.8, 4) is 16.9 Å². The van der Waals surface area contributed by atoms with Crippen molar-refractivity contribution in [3.05, 3.63) is 53.2 Å². The van der Waals surface area contributed by atoms with Crippen LogP contribution in [0.3, 0.4) is 0 Å². The molecule has 9 N–H and O–H groups in total. The molecule has 3 aliphatic rings. The minimum absolute atomic E-state index is 0.0584. The topological polar surface area (TPSA) is 314 Å². The molecule has 0 bridgehead atoms. The van der Waals surface area contributed by atoms with E-state index in [2.05, 4.69) is 41.1 Å². The maximum Gasteiger partial charge on any atom is 0.354 e. The number of β-lactam (4-membered cyclic amide) rings is 1. The molecule has 0 radical (unpaired) electrons. The van der Waals surface area contributed by atoms with E-state index in [9.17, 15) is 32.5 Å². The number of carboxylic acids is 1. The third-order valence-corrected chi connectivity index (χ3v) is 10.6. The number of nitrogens with two attached hydrogens (primary N) is 2. The number of rotatable bonds is 15. The van der Waals surface area contributed by atoms with E-state index < -0.39 is 57.2 Å². The van der Waals surface area contributed by atoms with Gasteiger partial charge >= 0.3 is 5.97 Å². The van der Waals surface area contributed by atoms with E-state index in [1.807, 2.05) is 24.3 Å². The lowest BCUT2D eigenvalue weighted by atomic mass is 9.84. The van der Waals surface area contributed by atoms with Gasteiger partial charge in [0.25, 0.3) is 29.7 Å². The van der Waals surface area contributed by atoms with Gasteiger partial charge in [0.05, 0.1) is 24.8 Å². The van der Waals surface area contributed by atoms with Crippen LogP contribution in [0.25, 0.3) is 11.1 Å². The Hall–Kier alpha value is -5.46. The molecule has 23 heteroatoms. The average molecular weight is 834 g/mol. The van der Waals surface area contributed by atoms with Crippen LogP contribution in [0.15, 0.2) is 47.1 Å². The Kier molecular flexibility index (Phi) is 13.0. The molecule has 0 saturated carbocycles. The Bertz CT molecular complexity index is 2140. The van der Waals surface area contributed by atoms with E-state index in [4.69, 9.17) is 30.9 Å². The molecule has 1 aromatic carbocycles. The van der Waals surface area contributed by atoms with Gasteiger partial charge in [-0.2, -0.15) is 9.35 Å². The Labute approximate surface area is 330 Å². The fraction of sp³-hybridized carbons (Fsp3) is 0.441. The monoisotopic (exact) mass is 833 g/mol. The maximum atomic E-state index is 13.5. The molecule has 308 valence electrons. The van der Waals surface area contributed by atoms with Crippen LogP contribution in [0, 0.1) is 5.92 Å². The number of nitrogens with one attached hydrogen (secondary N) is 3. The van der Waals surface area contributed by atoms with Gasteiger partial charge < -0.3 is 46.4 Å². The van der Waals surface area contributed by atoms with Gasteiger partial charge in [-0.15, -0.1) is 11.3 Å². The number of carbonyl (C=O) groups excluding carboxylic acids is 2. The summed E-state index contributed by atoms with van der Waals surface area (Å²) in [6, 6.07) is 8.39. The quantitative estimate of drug-likeness (QED) is 0.0192. The van der Waals surface area contributed by atoms with Crippen LogP contribution < -0.4 is 36.7 Å². The van der Waals surface area contributed by atoms with E-state index in [1.165, 1.54) is 26.2 Å². The molecule has 3 aromatic rings. The fourth-order valence-electron chi connectivity index (χ4n) is 6.33. The first-order valence-electron chi connectivity index (χ1n) is 17.5. The van der Waals surface area contributed by atoms with Gasteiger partial charge in [0.15, 0.2) is 16.9 Å². The maximum absolute atomic E-state index is 13.5. The molecule has 57 heavy (non-hydrogen) atoms. The number of oxime groups is 1. The highest BCUT2D eigenvalue weighted by Gasteiger charge is 2.57. The van der Waals surface area contributed by atoms with Gasteiger partial charge in [0.2, 0.25) is 10.4 Å². The summed E-state index contributed by atoms with van der Waals surface area (Å²) in [5.74, 6) is -1.51. The summed E-state index contributed by atoms with van der Waals surface area (Å²) in [4.78, 5) is 57.0. The van der Waals surface area contributed by atoms with Gasteiger partial charge in [0, 0.05) is 42.6 Å². The number of aryl methyl sites for hydroxylation is 1. The number of ether oxygens (including phenoxy) is 1. The minimum Gasteiger partial charge on any atom is -0.724 e. The zero-order chi connectivity index (χ0) is 41.7. The summed E-state index contributed by atoms with van der Waals surface area (Å²) >= 11 is 0.967. The Morgan fingerprint density at radius 3 is 2.56 bits per heavy atom. The first-order valence-corrected chi connectivity index (χ1v) is 19.7. The molecule has 3 atom stereocenters. The average Bonchev–Trinajstić information content (AvgIpc) is 3.58. The van der Waals surface area contributed by atoms with Crippen molar-refractivity contribution in [2.75, 3.05) is 37.2 Å². The Balaban J connectivity index is 0.00000200. The van der Waals surface area contributed by atoms with Crippen LogP contribution in [0.1, 0.15) is 38.4 Å². The number of pyridine rings is 1. The summed E-state index contributed by atoms with van der Waals surface area (Å²) in [5.41, 5.74) is 10.1. The number of thiazole rings is 1. The molecule has 6 rings (SSSR count). The van der Waals surface area contributed by atoms with E-state index in [1.54, 1.807) is 6.07 Å². The predicted molar refractivity (Wildman–Crippen MR) is 201 cm³/mol. The van der Waals surface area contributed by atoms with Crippen molar-refractivity contribution < 1.29 is 60.8 Å². The largest absolute Gasteiger partial charge is 0.724 e. The normalized spacial score (nSPS) is 19.9. The van der Waals surface area contributed by atoms with Crippen LogP contribution in [0.2, 0.25) is 0 Å². The molecule has 2 amide bonds. The lowest BCUT2D eigenvalue weighted by Crippen LogP contribution is -2.76. The zero-order valence-corrected chi connectivity index (χ0v) is 32.7. The van der Waals surface area contributed by atoms with Crippen molar-refractivity contribution in [2.45, 2.75) is 63.4 Å². The van der Waals surface area contributed by atoms with Crippen molar-refractivity contribution in [1.29, 1.82) is 0 Å². The van der Waals surface area contributed by atoms with E-state index in [0.717, 1.165) is 53.5 Å². The van der Waals surface area contributed by atoms with Crippen molar-refractivity contribution in [3.63, 3.8) is 0 Å². The van der Waals surface area contributed by atoms with Gasteiger partial charge in [-0.25, -0.2) is 22.8 Å². The third-order valence-electron chi connectivity index (χ3n) is 9.60. The van der Waals surface area contributed by atoms with Gasteiger partial charge in [-0.3, -0.25) is 19.7 Å². The number of fused-ring (bicyclic) bond motifs is 1. The molecular formula is C34H43N9O12S2. The SMILES string of the molecule is CC(O/N=C(\C(=O)N[C@@H]1C(=O)N(OS(=O)(=O)[O-])C1(C)C)c1csc(N)n1)(C(=O)O)[C@H]1CCc2cc(-c3ccc(NCCN)[n+](CC4CNC4)c3)ccc2O1.O=CO. The number of carboxylic acid groups (broad SMARTS) is 2. The second-order valence-electron chi connectivity index (χ2n) is 14.0. The number of nitrogen functional groups attached to an aromatic ring is 1. The number of benzene rings is 1. The predicted octanol–water partition coefficient (Wildman–Crippen LogP) is -0.574. The van der Waals surface area contributed by atoms with Gasteiger partial charge in [-0.1, -0.05) is 11.2 Å². The number of aliphatic carboxylic acids is 1. The van der Waals surface area contributed by atoms with Crippen LogP contribution >= 0.6 is 11.3 Å². The van der Waals surface area contributed by atoms with E-state index >= 15 is 0 Å². The molecule has 5 heterocycles. The molecule has 0 aliphatic carbocycles. The first kappa shape index (κ1) is 42.7. The number of hydroxylamine groups is 2. The number of hydrogen-bond acceptors (Lipinski definition) is 17. The van der Waals surface area contributed by atoms with E-state index in [-0.39, 0.29) is 23.7 Å². The van der Waals surface area contributed by atoms with Crippen LogP contribution in [-0.2, 0) is 51.7 Å². The smallest absolute Gasteiger partial charge is 0.354 e. The highest BCUT2D eigenvalue weighted by molar-refractivity contribution is 7.80. The second kappa shape index (κ2) is 17.4. The lowest BCUT2D eigenvalue weighted by Gasteiger charge is -2.51. The summed E-state index contributed by atoms with van der Waals surface area (Å²) in [7, 11) is -5.28. The van der Waals surface area contributed by atoms with Crippen molar-refractivity contribution >= 4 is 62.7 Å². The van der Waals surface area contributed by atoms with Crippen LogP contribution in [0.5, 0.6) is 5.75 Å². The molecular weight excluding hydrogens is 791 g/mol. The first-order chi connectivity index (χ1) is 26.9. The molecule has 0 spiro atoms. The number of amides is 2. The highest BCUT2D eigenvalue weighted by atomic mass is 32.3. The molecule has 1 unspecified atom stereocenters. The number of nitrogens with zero attached hydrogens (tertiary/aromatic N) is 4. The number of aromatic nitrogens is 2. The zero-order valence-electron chi connectivity index (χ0n) is 31.0. The van der Waals surface area contributed by atoms with Crippen LogP contribution in [0.4, 0.5) is 10.9 Å². The summed E-state index contributed by atoms with van der Waals surface area (Å²) in [6.07, 6.45) is 1.71. The molecule has 2 saturated heterocycles. The van der Waals surface area contributed by atoms with E-state index in [0.29, 0.717) is 36.2 Å². The van der Waals surface area contributed by atoms with Crippen molar-refractivity contribution in [1.82, 2.24) is 20.7 Å². The molecule has 2 aromatic heterocycles. The number of hydrogen-bond donors (Lipinski definition) is 7. The number of anilines is 2. The Morgan fingerprint density at radius 1 is 1.28 bits per heavy atom. The lowest BCUT2D eigenvalue weighted by molar-refractivity contribution is -0.690. The third kappa shape index (κ3) is 9.57. The van der Waals surface area contributed by atoms with Crippen LogP contribution in [-0.4, -0.2) is 113 Å². The highest BCUT2D eigenvalue weighted by Crippen LogP contribution is 2.37. The number of carbonyl (C=O) groups is 4. The molecule has 3 aliphatic heterocycles. The minimum atomic E-state index is -5.28. The molecule has 2 fully saturated rings.